The molecule has 2 aromatic rings. The molecule has 0 saturated heterocycles. The first kappa shape index (κ1) is 16.7. The second-order valence-corrected chi connectivity index (χ2v) is 7.80. The van der Waals surface area contributed by atoms with Gasteiger partial charge in [-0.2, -0.15) is 0 Å². The van der Waals surface area contributed by atoms with Gasteiger partial charge in [0, 0.05) is 12.5 Å². The van der Waals surface area contributed by atoms with Gasteiger partial charge in [0.15, 0.2) is 0 Å². The monoisotopic (exact) mass is 527 g/mol. The minimum atomic E-state index is 0.0933. The lowest BCUT2D eigenvalue weighted by Crippen LogP contribution is -2.18. The highest BCUT2D eigenvalue weighted by atomic mass is 127. The third-order valence-corrected chi connectivity index (χ3v) is 6.27. The smallest absolute Gasteiger partial charge is 0.0586 e. The summed E-state index contributed by atoms with van der Waals surface area (Å²) < 4.78 is 3.26. The van der Waals surface area contributed by atoms with E-state index < -0.39 is 0 Å². The molecule has 0 heterocycles. The van der Waals surface area contributed by atoms with E-state index in [9.17, 15) is 0 Å². The largest absolute Gasteiger partial charge is 0.309 e. The first-order valence-electron chi connectivity index (χ1n) is 6.01. The summed E-state index contributed by atoms with van der Waals surface area (Å²) in [5.41, 5.74) is 3.53. The van der Waals surface area contributed by atoms with E-state index in [-0.39, 0.29) is 6.04 Å². The molecule has 0 aliphatic rings. The summed E-state index contributed by atoms with van der Waals surface area (Å²) >= 11 is 15.7. The van der Waals surface area contributed by atoms with Gasteiger partial charge in [-0.05, 0) is 77.5 Å². The van der Waals surface area contributed by atoms with Gasteiger partial charge in [-0.15, -0.1) is 0 Å². The van der Waals surface area contributed by atoms with Gasteiger partial charge in [-0.1, -0.05) is 49.5 Å². The predicted molar refractivity (Wildman–Crippen MR) is 102 cm³/mol. The van der Waals surface area contributed by atoms with Gasteiger partial charge in [0.25, 0.3) is 0 Å². The van der Waals surface area contributed by atoms with Crippen LogP contribution in [0.1, 0.15) is 22.7 Å². The number of hydrogen-bond donors (Lipinski definition) is 1. The summed E-state index contributed by atoms with van der Waals surface area (Å²) in [4.78, 5) is 0. The molecule has 5 heteroatoms. The fourth-order valence-electron chi connectivity index (χ4n) is 2.08. The van der Waals surface area contributed by atoms with Gasteiger partial charge < -0.3 is 5.32 Å². The molecule has 0 spiro atoms. The maximum Gasteiger partial charge on any atom is 0.0586 e. The Bertz CT molecular complexity index is 646. The normalized spacial score (nSPS) is 12.5. The summed E-state index contributed by atoms with van der Waals surface area (Å²) in [6.07, 6.45) is 0. The highest BCUT2D eigenvalue weighted by Crippen LogP contribution is 2.34. The molecule has 1 unspecified atom stereocenters. The third kappa shape index (κ3) is 3.58. The molecule has 0 aliphatic carbocycles. The molecule has 0 aromatic heterocycles. The topological polar surface area (TPSA) is 12.0 Å². The van der Waals surface area contributed by atoms with Crippen molar-refractivity contribution < 1.29 is 0 Å². The minimum absolute atomic E-state index is 0.0933. The number of benzene rings is 2. The lowest BCUT2D eigenvalue weighted by atomic mass is 9.98. The number of nitrogens with one attached hydrogen (secondary N) is 1. The van der Waals surface area contributed by atoms with E-state index in [1.165, 1.54) is 11.1 Å². The molecular formula is C15H13Br2ClIN. The van der Waals surface area contributed by atoms with E-state index >= 15 is 0 Å². The van der Waals surface area contributed by atoms with Gasteiger partial charge in [0.2, 0.25) is 0 Å². The Kier molecular flexibility index (Phi) is 5.94. The number of rotatable bonds is 3. The van der Waals surface area contributed by atoms with Gasteiger partial charge in [-0.25, -0.2) is 0 Å². The van der Waals surface area contributed by atoms with Gasteiger partial charge >= 0.3 is 0 Å². The van der Waals surface area contributed by atoms with Crippen molar-refractivity contribution >= 4 is 66.1 Å². The first-order valence-corrected chi connectivity index (χ1v) is 9.06. The van der Waals surface area contributed by atoms with Crippen LogP contribution in [-0.4, -0.2) is 7.05 Å². The fourth-order valence-corrected chi connectivity index (χ4v) is 3.65. The van der Waals surface area contributed by atoms with Gasteiger partial charge in [-0.3, -0.25) is 0 Å². The number of halogens is 4. The van der Waals surface area contributed by atoms with Crippen molar-refractivity contribution in [2.24, 2.45) is 0 Å². The zero-order valence-corrected chi connectivity index (χ0v) is 17.1. The van der Waals surface area contributed by atoms with Gasteiger partial charge in [0.05, 0.1) is 11.1 Å². The second-order valence-electron chi connectivity index (χ2n) is 4.52. The lowest BCUT2D eigenvalue weighted by Gasteiger charge is -2.20. The highest BCUT2D eigenvalue weighted by Gasteiger charge is 2.17. The molecule has 1 nitrogen and oxygen atoms in total. The van der Waals surface area contributed by atoms with Gasteiger partial charge in [0.1, 0.15) is 0 Å². The van der Waals surface area contributed by atoms with E-state index in [1.54, 1.807) is 0 Å². The van der Waals surface area contributed by atoms with E-state index in [0.717, 1.165) is 23.1 Å². The lowest BCUT2D eigenvalue weighted by molar-refractivity contribution is 0.688. The molecule has 0 bridgehead atoms. The van der Waals surface area contributed by atoms with Crippen molar-refractivity contribution in [3.05, 3.63) is 64.6 Å². The molecule has 106 valence electrons. The van der Waals surface area contributed by atoms with E-state index in [2.05, 4.69) is 84.9 Å². The molecule has 20 heavy (non-hydrogen) atoms. The Morgan fingerprint density at radius 3 is 2.45 bits per heavy atom. The quantitative estimate of drug-likeness (QED) is 0.475. The Hall–Kier alpha value is 0.380. The zero-order chi connectivity index (χ0) is 14.9. The van der Waals surface area contributed by atoms with Crippen LogP contribution >= 0.6 is 66.1 Å². The Labute approximate surface area is 154 Å². The summed E-state index contributed by atoms with van der Waals surface area (Å²) in [5, 5.41) is 4.14. The average Bonchev–Trinajstić information content (AvgIpc) is 2.40. The van der Waals surface area contributed by atoms with Crippen molar-refractivity contribution in [2.45, 2.75) is 13.0 Å². The standard InChI is InChI=1S/C15H13Br2ClIN/c1-8-5-12(17)10(7-11(8)16)15(20-2)9-3-4-14(19)13(18)6-9/h3-7,15,20H,1-2H3. The van der Waals surface area contributed by atoms with Crippen LogP contribution in [0.25, 0.3) is 0 Å². The summed E-state index contributed by atoms with van der Waals surface area (Å²) in [6, 6.07) is 10.5. The minimum Gasteiger partial charge on any atom is -0.309 e. The molecule has 0 radical (unpaired) electrons. The summed E-state index contributed by atoms with van der Waals surface area (Å²) in [6.45, 7) is 2.08. The van der Waals surface area contributed by atoms with Crippen molar-refractivity contribution in [2.75, 3.05) is 7.05 Å². The average molecular weight is 529 g/mol. The van der Waals surface area contributed by atoms with Crippen LogP contribution in [0.3, 0.4) is 0 Å². The summed E-state index contributed by atoms with van der Waals surface area (Å²) in [5.74, 6) is 0. The fraction of sp³-hybridized carbons (Fsp3) is 0.200. The molecule has 2 rings (SSSR count). The highest BCUT2D eigenvalue weighted by molar-refractivity contribution is 14.1. The molecule has 2 aromatic carbocycles. The zero-order valence-electron chi connectivity index (χ0n) is 11.0. The third-order valence-electron chi connectivity index (χ3n) is 3.15. The predicted octanol–water partition coefficient (Wildman–Crippen LogP) is 6.09. The maximum atomic E-state index is 6.24. The number of aryl methyl sites for hydroxylation is 1. The van der Waals surface area contributed by atoms with Crippen molar-refractivity contribution in [3.63, 3.8) is 0 Å². The first-order chi connectivity index (χ1) is 9.43. The Morgan fingerprint density at radius 1 is 1.15 bits per heavy atom. The van der Waals surface area contributed by atoms with Crippen molar-refractivity contribution in [1.82, 2.24) is 5.32 Å². The van der Waals surface area contributed by atoms with Crippen LogP contribution in [0, 0.1) is 10.5 Å². The molecule has 1 atom stereocenters. The Morgan fingerprint density at radius 2 is 1.85 bits per heavy atom. The number of hydrogen-bond acceptors (Lipinski definition) is 1. The molecule has 0 saturated carbocycles. The Balaban J connectivity index is 2.52. The summed E-state index contributed by atoms with van der Waals surface area (Å²) in [7, 11) is 1.96. The van der Waals surface area contributed by atoms with Crippen LogP contribution in [0.4, 0.5) is 0 Å². The SMILES string of the molecule is CNC(c1ccc(I)c(Cl)c1)c1cc(Br)c(C)cc1Br. The molecule has 1 N–H and O–H groups in total. The van der Waals surface area contributed by atoms with E-state index in [1.807, 2.05) is 19.2 Å². The van der Waals surface area contributed by atoms with Crippen LogP contribution < -0.4 is 5.32 Å². The van der Waals surface area contributed by atoms with Crippen LogP contribution in [0.2, 0.25) is 5.02 Å². The molecule has 0 fully saturated rings. The molecular weight excluding hydrogens is 516 g/mol. The van der Waals surface area contributed by atoms with Crippen LogP contribution in [0.5, 0.6) is 0 Å². The molecule has 0 aliphatic heterocycles. The maximum absolute atomic E-state index is 6.24. The van der Waals surface area contributed by atoms with E-state index in [0.29, 0.717) is 0 Å². The van der Waals surface area contributed by atoms with Crippen molar-refractivity contribution in [3.8, 4) is 0 Å². The van der Waals surface area contributed by atoms with Crippen molar-refractivity contribution in [1.29, 1.82) is 0 Å². The van der Waals surface area contributed by atoms with E-state index in [4.69, 9.17) is 11.6 Å². The van der Waals surface area contributed by atoms with Crippen LogP contribution in [-0.2, 0) is 0 Å². The van der Waals surface area contributed by atoms with Crippen LogP contribution in [0.15, 0.2) is 39.3 Å². The molecule has 0 amide bonds. The second kappa shape index (κ2) is 7.09.